The number of hydrogen-bond donors (Lipinski definition) is 1. The molecule has 1 aliphatic heterocycles. The van der Waals surface area contributed by atoms with Gasteiger partial charge in [-0.15, -0.1) is 0 Å². The average Bonchev–Trinajstić information content (AvgIpc) is 3.58. The number of carbonyl (C=O) groups excluding carboxylic acids is 1. The van der Waals surface area contributed by atoms with Gasteiger partial charge in [0.15, 0.2) is 11.5 Å². The van der Waals surface area contributed by atoms with E-state index in [1.807, 2.05) is 55.5 Å². The number of hydrogen-bond acceptors (Lipinski definition) is 8. The molecule has 10 nitrogen and oxygen atoms in total. The van der Waals surface area contributed by atoms with Gasteiger partial charge in [-0.3, -0.25) is 14.3 Å². The summed E-state index contributed by atoms with van der Waals surface area (Å²) in [5.41, 5.74) is 2.39. The molecule has 1 saturated heterocycles. The lowest BCUT2D eigenvalue weighted by molar-refractivity contribution is -0.120. The molecule has 232 valence electrons. The van der Waals surface area contributed by atoms with Crippen LogP contribution in [0.1, 0.15) is 36.6 Å². The topological polar surface area (TPSA) is 104 Å². The third-order valence-electron chi connectivity index (χ3n) is 7.77. The number of rotatable bonds is 14. The van der Waals surface area contributed by atoms with Crippen LogP contribution in [0.3, 0.4) is 0 Å². The number of ether oxygens (including phenoxy) is 4. The van der Waals surface area contributed by atoms with Crippen molar-refractivity contribution < 1.29 is 23.7 Å². The van der Waals surface area contributed by atoms with Crippen LogP contribution < -0.4 is 29.7 Å². The van der Waals surface area contributed by atoms with Gasteiger partial charge in [-0.05, 0) is 74.3 Å². The van der Waals surface area contributed by atoms with Crippen LogP contribution in [0.2, 0.25) is 0 Å². The first-order chi connectivity index (χ1) is 21.5. The van der Waals surface area contributed by atoms with Crippen molar-refractivity contribution in [1.82, 2.24) is 20.0 Å². The second-order valence-electron chi connectivity index (χ2n) is 10.8. The molecule has 1 amide bonds. The predicted octanol–water partition coefficient (Wildman–Crippen LogP) is 4.35. The Bertz CT molecular complexity index is 1610. The van der Waals surface area contributed by atoms with E-state index in [2.05, 4.69) is 15.3 Å². The summed E-state index contributed by atoms with van der Waals surface area (Å²) in [5.74, 6) is 2.21. The molecule has 0 aliphatic carbocycles. The molecular weight excluding hydrogens is 560 g/mol. The number of amides is 1. The Labute approximate surface area is 257 Å². The number of methoxy groups -OCH3 is 2. The van der Waals surface area contributed by atoms with Gasteiger partial charge in [0.25, 0.3) is 0 Å². The molecule has 0 unspecified atom stereocenters. The van der Waals surface area contributed by atoms with Crippen LogP contribution in [-0.2, 0) is 31.0 Å². The van der Waals surface area contributed by atoms with Crippen LogP contribution in [0.5, 0.6) is 23.0 Å². The minimum Gasteiger partial charge on any atom is -0.497 e. The van der Waals surface area contributed by atoms with E-state index in [1.165, 1.54) is 12.8 Å². The number of carbonyl (C=O) groups is 1. The van der Waals surface area contributed by atoms with Crippen molar-refractivity contribution in [2.24, 2.45) is 0 Å². The molecule has 4 aromatic rings. The summed E-state index contributed by atoms with van der Waals surface area (Å²) in [5, 5.41) is 7.94. The number of benzene rings is 3. The van der Waals surface area contributed by atoms with E-state index in [4.69, 9.17) is 18.9 Å². The van der Waals surface area contributed by atoms with Gasteiger partial charge in [0, 0.05) is 25.7 Å². The van der Waals surface area contributed by atoms with E-state index in [0.717, 1.165) is 42.3 Å². The molecule has 0 saturated carbocycles. The van der Waals surface area contributed by atoms with Crippen LogP contribution in [-0.4, -0.2) is 61.0 Å². The Balaban J connectivity index is 1.41. The molecule has 1 N–H and O–H groups in total. The third kappa shape index (κ3) is 7.68. The fourth-order valence-electron chi connectivity index (χ4n) is 5.27. The summed E-state index contributed by atoms with van der Waals surface area (Å²) in [4.78, 5) is 28.8. The molecule has 1 fully saturated rings. The molecule has 1 aromatic heterocycles. The van der Waals surface area contributed by atoms with Crippen molar-refractivity contribution in [1.29, 1.82) is 0 Å². The SMILES string of the molecule is CCn1nc(CC(=O)NCCN2CCCC2)c(=O)c2cc(OCc3ccc(OC)cc3)c(OCc3ccc(OC)cc3)cc21. The summed E-state index contributed by atoms with van der Waals surface area (Å²) >= 11 is 0. The molecule has 1 aliphatic rings. The first-order valence-corrected chi connectivity index (χ1v) is 15.1. The van der Waals surface area contributed by atoms with E-state index < -0.39 is 0 Å². The molecular formula is C34H40N4O6. The van der Waals surface area contributed by atoms with Gasteiger partial charge in [0.05, 0.1) is 31.5 Å². The lowest BCUT2D eigenvalue weighted by Gasteiger charge is -2.17. The smallest absolute Gasteiger partial charge is 0.226 e. The Morgan fingerprint density at radius 2 is 1.43 bits per heavy atom. The van der Waals surface area contributed by atoms with Gasteiger partial charge in [0.2, 0.25) is 11.3 Å². The second-order valence-corrected chi connectivity index (χ2v) is 10.8. The average molecular weight is 601 g/mol. The van der Waals surface area contributed by atoms with E-state index in [-0.39, 0.29) is 36.7 Å². The number of nitrogens with one attached hydrogen (secondary N) is 1. The molecule has 10 heteroatoms. The van der Waals surface area contributed by atoms with Gasteiger partial charge in [-0.25, -0.2) is 0 Å². The lowest BCUT2D eigenvalue weighted by Crippen LogP contribution is -2.35. The lowest BCUT2D eigenvalue weighted by atomic mass is 10.1. The van der Waals surface area contributed by atoms with E-state index >= 15 is 0 Å². The van der Waals surface area contributed by atoms with Gasteiger partial charge < -0.3 is 29.2 Å². The highest BCUT2D eigenvalue weighted by Gasteiger charge is 2.19. The molecule has 3 aromatic carbocycles. The maximum Gasteiger partial charge on any atom is 0.226 e. The van der Waals surface area contributed by atoms with Gasteiger partial charge >= 0.3 is 0 Å². The van der Waals surface area contributed by atoms with Crippen molar-refractivity contribution in [3.05, 3.63) is 87.7 Å². The fourth-order valence-corrected chi connectivity index (χ4v) is 5.27. The molecule has 2 heterocycles. The van der Waals surface area contributed by atoms with Crippen LogP contribution in [0, 0.1) is 0 Å². The first kappa shape index (κ1) is 30.9. The Hall–Kier alpha value is -4.57. The number of nitrogens with zero attached hydrogens (tertiary/aromatic N) is 3. The van der Waals surface area contributed by atoms with Gasteiger partial charge in [0.1, 0.15) is 30.4 Å². The molecule has 44 heavy (non-hydrogen) atoms. The third-order valence-corrected chi connectivity index (χ3v) is 7.77. The molecule has 0 atom stereocenters. The van der Waals surface area contributed by atoms with Crippen LogP contribution in [0.25, 0.3) is 10.9 Å². The standard InChI is InChI=1S/C34H40N4O6/c1-4-38-30-21-32(44-23-25-9-13-27(42-3)14-10-25)31(43-22-24-7-11-26(41-2)12-8-24)19-28(30)34(40)29(36-38)20-33(39)35-15-18-37-16-5-6-17-37/h7-14,19,21H,4-6,15-18,20,22-23H2,1-3H3,(H,35,39). The van der Waals surface area contributed by atoms with Crippen molar-refractivity contribution in [2.75, 3.05) is 40.4 Å². The molecule has 0 bridgehead atoms. The largest absolute Gasteiger partial charge is 0.497 e. The minimum atomic E-state index is -0.296. The van der Waals surface area contributed by atoms with Crippen molar-refractivity contribution in [3.8, 4) is 23.0 Å². The fraction of sp³-hybridized carbons (Fsp3) is 0.382. The summed E-state index contributed by atoms with van der Waals surface area (Å²) in [6.45, 7) is 6.49. The molecule has 0 radical (unpaired) electrons. The van der Waals surface area contributed by atoms with E-state index in [0.29, 0.717) is 35.5 Å². The van der Waals surface area contributed by atoms with Crippen molar-refractivity contribution >= 4 is 16.8 Å². The number of aryl methyl sites for hydroxylation is 1. The normalized spacial score (nSPS) is 13.2. The monoisotopic (exact) mass is 600 g/mol. The molecule has 0 spiro atoms. The highest BCUT2D eigenvalue weighted by Crippen LogP contribution is 2.33. The minimum absolute atomic E-state index is 0.0907. The van der Waals surface area contributed by atoms with Crippen LogP contribution >= 0.6 is 0 Å². The highest BCUT2D eigenvalue weighted by molar-refractivity contribution is 5.84. The maximum absolute atomic E-state index is 13.7. The zero-order valence-electron chi connectivity index (χ0n) is 25.6. The van der Waals surface area contributed by atoms with E-state index in [9.17, 15) is 9.59 Å². The summed E-state index contributed by atoms with van der Waals surface area (Å²) < 4.78 is 24.8. The van der Waals surface area contributed by atoms with E-state index in [1.54, 1.807) is 31.0 Å². The van der Waals surface area contributed by atoms with Crippen molar-refractivity contribution in [3.63, 3.8) is 0 Å². The van der Waals surface area contributed by atoms with Gasteiger partial charge in [-0.1, -0.05) is 24.3 Å². The van der Waals surface area contributed by atoms with Crippen LogP contribution in [0.15, 0.2) is 65.5 Å². The summed E-state index contributed by atoms with van der Waals surface area (Å²) in [6.07, 6.45) is 2.31. The summed E-state index contributed by atoms with van der Waals surface area (Å²) in [6, 6.07) is 18.7. The highest BCUT2D eigenvalue weighted by atomic mass is 16.5. The predicted molar refractivity (Wildman–Crippen MR) is 169 cm³/mol. The zero-order valence-corrected chi connectivity index (χ0v) is 25.6. The number of likely N-dealkylation sites (tertiary alicyclic amines) is 1. The van der Waals surface area contributed by atoms with Crippen molar-refractivity contribution in [2.45, 2.75) is 45.9 Å². The molecule has 5 rings (SSSR count). The maximum atomic E-state index is 13.7. The number of fused-ring (bicyclic) bond motifs is 1. The number of aromatic nitrogens is 2. The quantitative estimate of drug-likeness (QED) is 0.228. The zero-order chi connectivity index (χ0) is 30.9. The second kappa shape index (κ2) is 14.7. The summed E-state index contributed by atoms with van der Waals surface area (Å²) in [7, 11) is 3.25. The van der Waals surface area contributed by atoms with Gasteiger partial charge in [-0.2, -0.15) is 5.10 Å². The Morgan fingerprint density at radius 1 is 0.864 bits per heavy atom. The van der Waals surface area contributed by atoms with Crippen LogP contribution in [0.4, 0.5) is 0 Å². The Morgan fingerprint density at radius 3 is 1.98 bits per heavy atom. The first-order valence-electron chi connectivity index (χ1n) is 15.1. The Kier molecular flexibility index (Phi) is 10.3.